The van der Waals surface area contributed by atoms with Gasteiger partial charge in [0.1, 0.15) is 22.8 Å². The fourth-order valence-electron chi connectivity index (χ4n) is 4.57. The number of ketones is 1. The maximum atomic E-state index is 13.5. The second-order valence-corrected chi connectivity index (χ2v) is 9.07. The van der Waals surface area contributed by atoms with E-state index in [1.165, 1.54) is 12.1 Å². The highest BCUT2D eigenvalue weighted by molar-refractivity contribution is 5.99. The van der Waals surface area contributed by atoms with Crippen LogP contribution in [0.5, 0.6) is 17.2 Å². The Labute approximate surface area is 224 Å². The topological polar surface area (TPSA) is 94.2 Å². The summed E-state index contributed by atoms with van der Waals surface area (Å²) in [5.41, 5.74) is 3.91. The van der Waals surface area contributed by atoms with Crippen LogP contribution in [-0.4, -0.2) is 27.8 Å². The minimum atomic E-state index is -0.393. The van der Waals surface area contributed by atoms with Crippen LogP contribution in [0.2, 0.25) is 0 Å². The summed E-state index contributed by atoms with van der Waals surface area (Å²) in [7, 11) is 1.57. The summed E-state index contributed by atoms with van der Waals surface area (Å²) in [5.74, 6) is 1.03. The van der Waals surface area contributed by atoms with Crippen LogP contribution < -0.4 is 14.9 Å². The quantitative estimate of drug-likeness (QED) is 0.243. The Balaban J connectivity index is 1.39. The van der Waals surface area contributed by atoms with E-state index in [2.05, 4.69) is 15.0 Å². The molecule has 0 aliphatic heterocycles. The Kier molecular flexibility index (Phi) is 7.19. The van der Waals surface area contributed by atoms with Gasteiger partial charge in [-0.15, -0.1) is 0 Å². The number of nitrogens with zero attached hydrogens (tertiary/aromatic N) is 2. The van der Waals surface area contributed by atoms with Crippen molar-refractivity contribution in [1.82, 2.24) is 15.0 Å². The summed E-state index contributed by atoms with van der Waals surface area (Å²) in [5, 5.41) is 0. The summed E-state index contributed by atoms with van der Waals surface area (Å²) in [6.07, 6.45) is 3.77. The average molecular weight is 524 g/mol. The third-order valence-corrected chi connectivity index (χ3v) is 6.50. The summed E-state index contributed by atoms with van der Waals surface area (Å²) in [6.45, 7) is 3.67. The van der Waals surface area contributed by atoms with Crippen molar-refractivity contribution in [3.63, 3.8) is 0 Å². The number of H-pyrrole nitrogens is 1. The van der Waals surface area contributed by atoms with Crippen molar-refractivity contribution < 1.29 is 18.7 Å². The SMILES string of the molecule is CCc1[nH]c(C)c(-c2ccc(F)cc2)c(=O)c1C(=O)Cc1ccc(Oc2ccnc3cc(OC)cnc23)cc1. The molecule has 0 aliphatic carbocycles. The van der Waals surface area contributed by atoms with Crippen LogP contribution in [-0.2, 0) is 12.8 Å². The number of aryl methyl sites for hydroxylation is 2. The van der Waals surface area contributed by atoms with Crippen molar-refractivity contribution in [2.24, 2.45) is 0 Å². The first-order valence-electron chi connectivity index (χ1n) is 12.5. The molecule has 0 amide bonds. The molecular weight excluding hydrogens is 497 g/mol. The molecule has 0 saturated heterocycles. The van der Waals surface area contributed by atoms with Crippen LogP contribution in [0.4, 0.5) is 4.39 Å². The van der Waals surface area contributed by atoms with E-state index in [1.807, 2.05) is 6.92 Å². The van der Waals surface area contributed by atoms with Crippen molar-refractivity contribution in [2.75, 3.05) is 7.11 Å². The Bertz CT molecular complexity index is 1730. The maximum Gasteiger partial charge on any atom is 0.200 e. The molecule has 0 radical (unpaired) electrons. The van der Waals surface area contributed by atoms with Crippen molar-refractivity contribution >= 4 is 16.8 Å². The molecule has 3 heterocycles. The lowest BCUT2D eigenvalue weighted by molar-refractivity contribution is 0.0990. The molecule has 0 spiro atoms. The van der Waals surface area contributed by atoms with Gasteiger partial charge >= 0.3 is 0 Å². The van der Waals surface area contributed by atoms with Gasteiger partial charge < -0.3 is 14.5 Å². The molecule has 0 fully saturated rings. The number of ether oxygens (including phenoxy) is 2. The Morgan fingerprint density at radius 3 is 2.44 bits per heavy atom. The third-order valence-electron chi connectivity index (χ3n) is 6.50. The number of aromatic nitrogens is 3. The number of benzene rings is 2. The zero-order valence-electron chi connectivity index (χ0n) is 21.7. The molecule has 3 aromatic heterocycles. The largest absolute Gasteiger partial charge is 0.495 e. The van der Waals surface area contributed by atoms with E-state index in [0.29, 0.717) is 57.2 Å². The predicted molar refractivity (Wildman–Crippen MR) is 147 cm³/mol. The van der Waals surface area contributed by atoms with Crippen LogP contribution in [0.1, 0.15) is 34.2 Å². The molecular formula is C31H26FN3O4. The number of hydrogen-bond donors (Lipinski definition) is 1. The standard InChI is InChI=1S/C31H26FN3O4/c1-4-24-29(31(37)28(18(2)35-24)20-7-9-21(32)10-8-20)26(36)15-19-5-11-22(12-6-19)39-27-13-14-33-25-16-23(38-3)17-34-30(25)27/h5-14,16-17H,4,15H2,1-3H3,(H,35,37). The summed E-state index contributed by atoms with van der Waals surface area (Å²) >= 11 is 0. The molecule has 1 N–H and O–H groups in total. The molecule has 7 nitrogen and oxygen atoms in total. The number of fused-ring (bicyclic) bond motifs is 1. The molecule has 5 aromatic rings. The monoisotopic (exact) mass is 523 g/mol. The molecule has 2 aromatic carbocycles. The summed E-state index contributed by atoms with van der Waals surface area (Å²) in [6, 6.07) is 16.3. The lowest BCUT2D eigenvalue weighted by atomic mass is 9.94. The second kappa shape index (κ2) is 10.9. The Morgan fingerprint density at radius 2 is 1.74 bits per heavy atom. The number of halogens is 1. The first kappa shape index (κ1) is 25.8. The minimum Gasteiger partial charge on any atom is -0.495 e. The first-order valence-corrected chi connectivity index (χ1v) is 12.5. The highest BCUT2D eigenvalue weighted by Crippen LogP contribution is 2.29. The molecule has 5 rings (SSSR count). The number of pyridine rings is 3. The highest BCUT2D eigenvalue weighted by Gasteiger charge is 2.21. The second-order valence-electron chi connectivity index (χ2n) is 9.07. The third kappa shape index (κ3) is 5.27. The fourth-order valence-corrected chi connectivity index (χ4v) is 4.57. The van der Waals surface area contributed by atoms with Crippen LogP contribution in [0, 0.1) is 12.7 Å². The Hall–Kier alpha value is -4.85. The van der Waals surface area contributed by atoms with E-state index in [0.717, 1.165) is 5.56 Å². The van der Waals surface area contributed by atoms with Crippen LogP contribution >= 0.6 is 0 Å². The van der Waals surface area contributed by atoms with Gasteiger partial charge in [0.25, 0.3) is 0 Å². The predicted octanol–water partition coefficient (Wildman–Crippen LogP) is 6.22. The number of methoxy groups -OCH3 is 1. The molecule has 39 heavy (non-hydrogen) atoms. The highest BCUT2D eigenvalue weighted by atomic mass is 19.1. The number of Topliss-reactive ketones (excluding diaryl/α,β-unsaturated/α-hetero) is 1. The van der Waals surface area contributed by atoms with Crippen molar-refractivity contribution in [3.8, 4) is 28.4 Å². The molecule has 0 saturated carbocycles. The van der Waals surface area contributed by atoms with Crippen molar-refractivity contribution in [1.29, 1.82) is 0 Å². The maximum absolute atomic E-state index is 13.5. The molecule has 196 valence electrons. The zero-order chi connectivity index (χ0) is 27.5. The van der Waals surface area contributed by atoms with Gasteiger partial charge in [-0.25, -0.2) is 9.37 Å². The number of rotatable bonds is 8. The van der Waals surface area contributed by atoms with E-state index in [9.17, 15) is 14.0 Å². The Morgan fingerprint density at radius 1 is 1.00 bits per heavy atom. The number of nitrogens with one attached hydrogen (secondary N) is 1. The van der Waals surface area contributed by atoms with Crippen molar-refractivity contribution in [3.05, 3.63) is 112 Å². The van der Waals surface area contributed by atoms with Gasteiger partial charge in [-0.3, -0.25) is 14.6 Å². The molecule has 0 aliphatic rings. The number of aromatic amines is 1. The van der Waals surface area contributed by atoms with Gasteiger partial charge in [0, 0.05) is 41.7 Å². The van der Waals surface area contributed by atoms with Gasteiger partial charge in [-0.1, -0.05) is 31.2 Å². The number of carbonyl (C=O) groups excluding carboxylic acids is 1. The number of carbonyl (C=O) groups is 1. The van der Waals surface area contributed by atoms with Crippen molar-refractivity contribution in [2.45, 2.75) is 26.7 Å². The zero-order valence-corrected chi connectivity index (χ0v) is 21.7. The lowest BCUT2D eigenvalue weighted by Crippen LogP contribution is -2.23. The average Bonchev–Trinajstić information content (AvgIpc) is 2.94. The summed E-state index contributed by atoms with van der Waals surface area (Å²) in [4.78, 5) is 38.9. The molecule has 0 atom stereocenters. The van der Waals surface area contributed by atoms with E-state index >= 15 is 0 Å². The first-order chi connectivity index (χ1) is 18.9. The normalized spacial score (nSPS) is 11.0. The fraction of sp³-hybridized carbons (Fsp3) is 0.161. The van der Waals surface area contributed by atoms with Crippen LogP contribution in [0.15, 0.2) is 77.9 Å². The van der Waals surface area contributed by atoms with E-state index in [1.54, 1.807) is 75.0 Å². The van der Waals surface area contributed by atoms with Gasteiger partial charge in [-0.05, 0) is 48.7 Å². The minimum absolute atomic E-state index is 0.0435. The smallest absolute Gasteiger partial charge is 0.200 e. The molecule has 0 unspecified atom stereocenters. The van der Waals surface area contributed by atoms with E-state index < -0.39 is 5.82 Å². The molecule has 8 heteroatoms. The molecule has 0 bridgehead atoms. The number of hydrogen-bond acceptors (Lipinski definition) is 6. The van der Waals surface area contributed by atoms with Gasteiger partial charge in [-0.2, -0.15) is 0 Å². The van der Waals surface area contributed by atoms with Gasteiger partial charge in [0.15, 0.2) is 11.5 Å². The van der Waals surface area contributed by atoms with E-state index in [4.69, 9.17) is 9.47 Å². The van der Waals surface area contributed by atoms with Gasteiger partial charge in [0.2, 0.25) is 5.43 Å². The lowest BCUT2D eigenvalue weighted by Gasteiger charge is -2.13. The summed E-state index contributed by atoms with van der Waals surface area (Å²) < 4.78 is 24.7. The van der Waals surface area contributed by atoms with Crippen LogP contribution in [0.3, 0.4) is 0 Å². The van der Waals surface area contributed by atoms with E-state index in [-0.39, 0.29) is 23.2 Å². The van der Waals surface area contributed by atoms with Crippen LogP contribution in [0.25, 0.3) is 22.2 Å². The van der Waals surface area contributed by atoms with Gasteiger partial charge in [0.05, 0.1) is 24.4 Å².